The predicted octanol–water partition coefficient (Wildman–Crippen LogP) is 4.01. The first-order chi connectivity index (χ1) is 16.7. The van der Waals surface area contributed by atoms with Crippen molar-refractivity contribution in [3.63, 3.8) is 0 Å². The SMILES string of the molecule is Nc1c(Nc2cccc3ccccc23)ncnc1N1CCN(Cc2ccc3c(c2)OCO3)CC1. The molecule has 3 heterocycles. The summed E-state index contributed by atoms with van der Waals surface area (Å²) in [5, 5.41) is 5.71. The van der Waals surface area contributed by atoms with Crippen molar-refractivity contribution in [3.05, 3.63) is 72.6 Å². The summed E-state index contributed by atoms with van der Waals surface area (Å²) in [7, 11) is 0. The molecule has 4 aromatic rings. The predicted molar refractivity (Wildman–Crippen MR) is 134 cm³/mol. The minimum atomic E-state index is 0.301. The lowest BCUT2D eigenvalue weighted by Gasteiger charge is -2.36. The van der Waals surface area contributed by atoms with Crippen LogP contribution in [0.25, 0.3) is 10.8 Å². The summed E-state index contributed by atoms with van der Waals surface area (Å²) in [5.74, 6) is 3.06. The zero-order valence-electron chi connectivity index (χ0n) is 18.8. The molecule has 0 bridgehead atoms. The van der Waals surface area contributed by atoms with Crippen LogP contribution < -0.4 is 25.4 Å². The van der Waals surface area contributed by atoms with Crippen molar-refractivity contribution in [1.29, 1.82) is 0 Å². The van der Waals surface area contributed by atoms with Gasteiger partial charge in [0.25, 0.3) is 0 Å². The minimum absolute atomic E-state index is 0.301. The fraction of sp³-hybridized carbons (Fsp3) is 0.231. The Balaban J connectivity index is 1.14. The van der Waals surface area contributed by atoms with Gasteiger partial charge >= 0.3 is 0 Å². The monoisotopic (exact) mass is 454 g/mol. The van der Waals surface area contributed by atoms with Gasteiger partial charge in [0, 0.05) is 43.8 Å². The normalized spacial score (nSPS) is 15.6. The Kier molecular flexibility index (Phi) is 5.27. The number of fused-ring (bicyclic) bond motifs is 2. The van der Waals surface area contributed by atoms with E-state index in [1.54, 1.807) is 6.33 Å². The van der Waals surface area contributed by atoms with Gasteiger partial charge in [0.05, 0.1) is 0 Å². The van der Waals surface area contributed by atoms with Gasteiger partial charge < -0.3 is 25.4 Å². The highest BCUT2D eigenvalue weighted by Gasteiger charge is 2.22. The number of nitrogen functional groups attached to an aromatic ring is 1. The van der Waals surface area contributed by atoms with Crippen molar-refractivity contribution >= 4 is 33.8 Å². The second kappa shape index (κ2) is 8.72. The van der Waals surface area contributed by atoms with Crippen LogP contribution in [0, 0.1) is 0 Å². The lowest BCUT2D eigenvalue weighted by atomic mass is 10.1. The zero-order valence-corrected chi connectivity index (χ0v) is 18.8. The Labute approximate surface area is 197 Å². The van der Waals surface area contributed by atoms with Crippen molar-refractivity contribution < 1.29 is 9.47 Å². The standard InChI is InChI=1S/C26H26N6O2/c27-24-25(30-21-7-3-5-19-4-1-2-6-20(19)21)28-16-29-26(24)32-12-10-31(11-13-32)15-18-8-9-22-23(14-18)34-17-33-22/h1-9,14,16H,10-13,15,17,27H2,(H,28,29,30). The van der Waals surface area contributed by atoms with Crippen molar-refractivity contribution in [1.82, 2.24) is 14.9 Å². The summed E-state index contributed by atoms with van der Waals surface area (Å²) >= 11 is 0. The second-order valence-electron chi connectivity index (χ2n) is 8.56. The molecule has 0 saturated carbocycles. The van der Waals surface area contributed by atoms with Crippen molar-refractivity contribution in [2.75, 3.05) is 48.9 Å². The maximum atomic E-state index is 6.55. The van der Waals surface area contributed by atoms with Gasteiger partial charge in [0.2, 0.25) is 6.79 Å². The van der Waals surface area contributed by atoms with Crippen LogP contribution in [-0.2, 0) is 6.54 Å². The molecule has 0 spiro atoms. The summed E-state index contributed by atoms with van der Waals surface area (Å²) in [6.45, 7) is 4.71. The maximum absolute atomic E-state index is 6.55. The van der Waals surface area contributed by atoms with E-state index in [4.69, 9.17) is 15.2 Å². The molecule has 3 aromatic carbocycles. The van der Waals surface area contributed by atoms with Crippen LogP contribution in [-0.4, -0.2) is 47.8 Å². The van der Waals surface area contributed by atoms with Gasteiger partial charge in [-0.25, -0.2) is 9.97 Å². The van der Waals surface area contributed by atoms with Gasteiger partial charge in [-0.05, 0) is 29.1 Å². The highest BCUT2D eigenvalue weighted by atomic mass is 16.7. The molecule has 1 aromatic heterocycles. The summed E-state index contributed by atoms with van der Waals surface area (Å²) in [6.07, 6.45) is 1.58. The number of hydrogen-bond acceptors (Lipinski definition) is 8. The molecule has 2 aliphatic heterocycles. The van der Waals surface area contributed by atoms with Crippen molar-refractivity contribution in [2.24, 2.45) is 0 Å². The van der Waals surface area contributed by atoms with Crippen molar-refractivity contribution in [2.45, 2.75) is 6.54 Å². The second-order valence-corrected chi connectivity index (χ2v) is 8.56. The van der Waals surface area contributed by atoms with Gasteiger partial charge in [-0.2, -0.15) is 0 Å². The molecule has 34 heavy (non-hydrogen) atoms. The molecule has 1 fully saturated rings. The Morgan fingerprint density at radius 3 is 2.62 bits per heavy atom. The van der Waals surface area contributed by atoms with Gasteiger partial charge in [-0.1, -0.05) is 42.5 Å². The van der Waals surface area contributed by atoms with Crippen LogP contribution in [0.3, 0.4) is 0 Å². The average Bonchev–Trinajstić information content (AvgIpc) is 3.34. The molecule has 0 atom stereocenters. The van der Waals surface area contributed by atoms with Crippen LogP contribution >= 0.6 is 0 Å². The third-order valence-corrected chi connectivity index (χ3v) is 6.42. The van der Waals surface area contributed by atoms with Crippen LogP contribution in [0.15, 0.2) is 67.0 Å². The molecule has 0 unspecified atom stereocenters. The molecule has 2 aliphatic rings. The fourth-order valence-corrected chi connectivity index (χ4v) is 4.62. The van der Waals surface area contributed by atoms with Gasteiger partial charge in [-0.15, -0.1) is 0 Å². The Morgan fingerprint density at radius 2 is 1.71 bits per heavy atom. The number of piperazine rings is 1. The molecule has 0 amide bonds. The third-order valence-electron chi connectivity index (χ3n) is 6.42. The van der Waals surface area contributed by atoms with Crippen molar-refractivity contribution in [3.8, 4) is 11.5 Å². The largest absolute Gasteiger partial charge is 0.454 e. The number of nitrogens with zero attached hydrogens (tertiary/aromatic N) is 4. The van der Waals surface area contributed by atoms with Crippen LogP contribution in [0.5, 0.6) is 11.5 Å². The third kappa shape index (κ3) is 3.92. The molecule has 3 N–H and O–H groups in total. The highest BCUT2D eigenvalue weighted by molar-refractivity contribution is 5.96. The van der Waals surface area contributed by atoms with E-state index >= 15 is 0 Å². The van der Waals surface area contributed by atoms with Crippen LogP contribution in [0.4, 0.5) is 23.0 Å². The molecule has 1 saturated heterocycles. The first-order valence-corrected chi connectivity index (χ1v) is 11.5. The lowest BCUT2D eigenvalue weighted by Crippen LogP contribution is -2.46. The molecular weight excluding hydrogens is 428 g/mol. The molecule has 6 rings (SSSR count). The number of nitrogens with two attached hydrogens (primary N) is 1. The Hall–Kier alpha value is -4.04. The topological polar surface area (TPSA) is 88.8 Å². The fourth-order valence-electron chi connectivity index (χ4n) is 4.62. The lowest BCUT2D eigenvalue weighted by molar-refractivity contribution is 0.174. The number of hydrogen-bond donors (Lipinski definition) is 2. The minimum Gasteiger partial charge on any atom is -0.454 e. The van der Waals surface area contributed by atoms with E-state index < -0.39 is 0 Å². The summed E-state index contributed by atoms with van der Waals surface area (Å²) in [4.78, 5) is 13.6. The number of anilines is 4. The van der Waals surface area contributed by atoms with Gasteiger partial charge in [-0.3, -0.25) is 4.90 Å². The van der Waals surface area contributed by atoms with Gasteiger partial charge in [0.15, 0.2) is 23.1 Å². The molecule has 172 valence electrons. The highest BCUT2D eigenvalue weighted by Crippen LogP contribution is 2.34. The smallest absolute Gasteiger partial charge is 0.231 e. The molecule has 0 aliphatic carbocycles. The number of nitrogens with one attached hydrogen (secondary N) is 1. The molecule has 8 nitrogen and oxygen atoms in total. The number of ether oxygens (including phenoxy) is 2. The van der Waals surface area contributed by atoms with E-state index in [1.165, 1.54) is 10.9 Å². The van der Waals surface area contributed by atoms with E-state index in [-0.39, 0.29) is 0 Å². The Morgan fingerprint density at radius 1 is 0.882 bits per heavy atom. The summed E-state index contributed by atoms with van der Waals surface area (Å²) in [5.41, 5.74) is 9.31. The van der Waals surface area contributed by atoms with E-state index in [0.29, 0.717) is 18.3 Å². The quantitative estimate of drug-likeness (QED) is 0.468. The molecule has 8 heteroatoms. The van der Waals surface area contributed by atoms with Crippen LogP contribution in [0.2, 0.25) is 0 Å². The van der Waals surface area contributed by atoms with E-state index in [2.05, 4.69) is 55.4 Å². The Bertz CT molecular complexity index is 1330. The van der Waals surface area contributed by atoms with Gasteiger partial charge in [0.1, 0.15) is 12.0 Å². The van der Waals surface area contributed by atoms with E-state index in [9.17, 15) is 0 Å². The summed E-state index contributed by atoms with van der Waals surface area (Å²) in [6, 6.07) is 20.6. The molecule has 0 radical (unpaired) electrons. The number of aromatic nitrogens is 2. The van der Waals surface area contributed by atoms with Crippen LogP contribution in [0.1, 0.15) is 5.56 Å². The number of benzene rings is 3. The first-order valence-electron chi connectivity index (χ1n) is 11.5. The van der Waals surface area contributed by atoms with E-state index in [1.807, 2.05) is 30.3 Å². The first kappa shape index (κ1) is 20.6. The van der Waals surface area contributed by atoms with E-state index in [0.717, 1.165) is 61.1 Å². The zero-order chi connectivity index (χ0) is 22.9. The average molecular weight is 455 g/mol. The number of rotatable bonds is 5. The molecular formula is C26H26N6O2. The summed E-state index contributed by atoms with van der Waals surface area (Å²) < 4.78 is 10.9. The maximum Gasteiger partial charge on any atom is 0.231 e.